The Hall–Kier alpha value is -3.64. The van der Waals surface area contributed by atoms with Crippen molar-refractivity contribution < 1.29 is 19.4 Å². The Kier molecular flexibility index (Phi) is 7.60. The molecule has 3 aromatic rings. The number of rotatable bonds is 8. The van der Waals surface area contributed by atoms with Gasteiger partial charge >= 0.3 is 5.97 Å². The van der Waals surface area contributed by atoms with E-state index in [1.165, 1.54) is 0 Å². The summed E-state index contributed by atoms with van der Waals surface area (Å²) in [6.45, 7) is 0.285. The molecule has 1 N–H and O–H groups in total. The molecule has 0 saturated carbocycles. The molecule has 1 amide bonds. The van der Waals surface area contributed by atoms with Crippen LogP contribution in [0.2, 0.25) is 0 Å². The van der Waals surface area contributed by atoms with E-state index in [-0.39, 0.29) is 12.5 Å². The molecule has 1 aliphatic carbocycles. The third kappa shape index (κ3) is 5.64. The summed E-state index contributed by atoms with van der Waals surface area (Å²) in [7, 11) is 1.87. The zero-order chi connectivity index (χ0) is 23.9. The molecule has 4 rings (SSSR count). The average molecular weight is 459 g/mol. The number of esters is 1. The first-order chi connectivity index (χ1) is 16.5. The smallest absolute Gasteiger partial charge is 0.337 e. The van der Waals surface area contributed by atoms with Crippen LogP contribution < -0.4 is 9.64 Å². The van der Waals surface area contributed by atoms with Crippen LogP contribution in [0.3, 0.4) is 0 Å². The number of aliphatic hydroxyl groups is 1. The van der Waals surface area contributed by atoms with Crippen molar-refractivity contribution >= 4 is 23.3 Å². The third-order valence-electron chi connectivity index (χ3n) is 6.28. The molecule has 1 aliphatic rings. The number of carbonyl (C=O) groups excluding carboxylic acids is 2. The molecular weight excluding hydrogens is 428 g/mol. The predicted octanol–water partition coefficient (Wildman–Crippen LogP) is 3.99. The molecule has 6 nitrogen and oxygen atoms in total. The first-order valence-electron chi connectivity index (χ1n) is 11.6. The topological polar surface area (TPSA) is 70.1 Å². The molecule has 0 radical (unpaired) electrons. The normalized spacial score (nSPS) is 14.7. The van der Waals surface area contributed by atoms with Gasteiger partial charge in [-0.05, 0) is 66.6 Å². The average Bonchev–Trinajstić information content (AvgIpc) is 2.88. The maximum atomic E-state index is 13.2. The molecule has 176 valence electrons. The van der Waals surface area contributed by atoms with Crippen LogP contribution in [0.4, 0.5) is 11.4 Å². The molecular formula is C28H30N2O4. The highest BCUT2D eigenvalue weighted by molar-refractivity contribution is 5.84. The number of hydrogen-bond donors (Lipinski definition) is 1. The summed E-state index contributed by atoms with van der Waals surface area (Å²) in [5.41, 5.74) is 4.11. The monoisotopic (exact) mass is 458 g/mol. The first-order valence-corrected chi connectivity index (χ1v) is 11.6. The minimum atomic E-state index is -0.651. The summed E-state index contributed by atoms with van der Waals surface area (Å²) in [6.07, 6.45) is 2.50. The Balaban J connectivity index is 1.42. The number of amides is 1. The van der Waals surface area contributed by atoms with Gasteiger partial charge in [-0.1, -0.05) is 48.5 Å². The van der Waals surface area contributed by atoms with Gasteiger partial charge in [0.2, 0.25) is 5.91 Å². The molecule has 0 heterocycles. The molecule has 0 bridgehead atoms. The van der Waals surface area contributed by atoms with E-state index < -0.39 is 12.6 Å². The summed E-state index contributed by atoms with van der Waals surface area (Å²) >= 11 is 0. The van der Waals surface area contributed by atoms with Crippen molar-refractivity contribution in [2.24, 2.45) is 5.92 Å². The van der Waals surface area contributed by atoms with Crippen molar-refractivity contribution in [2.45, 2.75) is 19.3 Å². The fourth-order valence-corrected chi connectivity index (χ4v) is 4.55. The van der Waals surface area contributed by atoms with Gasteiger partial charge in [0.25, 0.3) is 0 Å². The number of anilines is 2. The van der Waals surface area contributed by atoms with E-state index in [0.717, 1.165) is 41.8 Å². The van der Waals surface area contributed by atoms with E-state index in [1.54, 1.807) is 6.07 Å². The lowest BCUT2D eigenvalue weighted by atomic mass is 9.83. The summed E-state index contributed by atoms with van der Waals surface area (Å²) in [4.78, 5) is 28.6. The Morgan fingerprint density at radius 2 is 1.59 bits per heavy atom. The number of hydrogen-bond acceptors (Lipinski definition) is 5. The maximum absolute atomic E-state index is 13.2. The largest absolute Gasteiger partial charge is 0.425 e. The molecule has 0 aliphatic heterocycles. The van der Waals surface area contributed by atoms with Crippen LogP contribution in [-0.4, -0.2) is 48.6 Å². The van der Waals surface area contributed by atoms with E-state index in [1.807, 2.05) is 89.6 Å². The second-order valence-electron chi connectivity index (χ2n) is 8.67. The van der Waals surface area contributed by atoms with Crippen molar-refractivity contribution in [1.29, 1.82) is 0 Å². The van der Waals surface area contributed by atoms with Crippen molar-refractivity contribution in [2.75, 3.05) is 31.6 Å². The molecule has 1 unspecified atom stereocenters. The molecule has 0 fully saturated rings. The van der Waals surface area contributed by atoms with Crippen LogP contribution in [0.25, 0.3) is 0 Å². The Morgan fingerprint density at radius 1 is 0.941 bits per heavy atom. The van der Waals surface area contributed by atoms with E-state index >= 15 is 0 Å². The molecule has 1 atom stereocenters. The van der Waals surface area contributed by atoms with Crippen LogP contribution in [0.15, 0.2) is 78.9 Å². The van der Waals surface area contributed by atoms with Crippen LogP contribution in [0, 0.1) is 5.92 Å². The van der Waals surface area contributed by atoms with Gasteiger partial charge in [0.1, 0.15) is 18.9 Å². The van der Waals surface area contributed by atoms with Gasteiger partial charge in [-0.15, -0.1) is 0 Å². The van der Waals surface area contributed by atoms with Crippen molar-refractivity contribution in [1.82, 2.24) is 4.90 Å². The minimum Gasteiger partial charge on any atom is -0.425 e. The highest BCUT2D eigenvalue weighted by atomic mass is 16.5. The summed E-state index contributed by atoms with van der Waals surface area (Å²) in [6, 6.07) is 25.6. The van der Waals surface area contributed by atoms with Crippen LogP contribution in [0.1, 0.15) is 17.5 Å². The fraction of sp³-hybridized carbons (Fsp3) is 0.286. The quantitative estimate of drug-likeness (QED) is 0.408. The summed E-state index contributed by atoms with van der Waals surface area (Å²) < 4.78 is 5.29. The van der Waals surface area contributed by atoms with Gasteiger partial charge < -0.3 is 19.6 Å². The zero-order valence-corrected chi connectivity index (χ0v) is 19.4. The highest BCUT2D eigenvalue weighted by Crippen LogP contribution is 2.33. The summed E-state index contributed by atoms with van der Waals surface area (Å²) in [5.74, 6) is 0.263. The number of para-hydroxylation sites is 2. The minimum absolute atomic E-state index is 0.0594. The number of ether oxygens (including phenoxy) is 1. The molecule has 3 aromatic carbocycles. The fourth-order valence-electron chi connectivity index (χ4n) is 4.55. The van der Waals surface area contributed by atoms with Gasteiger partial charge in [0, 0.05) is 25.0 Å². The Morgan fingerprint density at radius 3 is 2.21 bits per heavy atom. The molecule has 6 heteroatoms. The van der Waals surface area contributed by atoms with E-state index in [0.29, 0.717) is 18.2 Å². The number of likely N-dealkylation sites (N-methyl/N-ethyl adjacent to an activating group) is 1. The second-order valence-corrected chi connectivity index (χ2v) is 8.67. The standard InChI is InChI=1S/C28H30N2O4/c1-29(18-21-15-16-25-22(17-21)9-8-14-26(25)34-28(33)20-31)27(32)19-30(23-10-4-2-5-11-23)24-12-6-3-7-13-24/h2-14,21,31H,15-20H2,1H3. The number of aliphatic hydroxyl groups excluding tert-OH is 1. The SMILES string of the molecule is CN(CC1CCc2c(cccc2OC(=O)CO)C1)C(=O)CN(c1ccccc1)c1ccccc1. The predicted molar refractivity (Wildman–Crippen MR) is 132 cm³/mol. The van der Waals surface area contributed by atoms with E-state index in [4.69, 9.17) is 9.84 Å². The van der Waals surface area contributed by atoms with Crippen LogP contribution in [-0.2, 0) is 22.4 Å². The van der Waals surface area contributed by atoms with Gasteiger partial charge in [-0.3, -0.25) is 4.79 Å². The van der Waals surface area contributed by atoms with Gasteiger partial charge in [0.05, 0.1) is 0 Å². The van der Waals surface area contributed by atoms with E-state index in [9.17, 15) is 9.59 Å². The zero-order valence-electron chi connectivity index (χ0n) is 19.4. The number of carbonyl (C=O) groups is 2. The first kappa shape index (κ1) is 23.5. The van der Waals surface area contributed by atoms with Gasteiger partial charge in [0.15, 0.2) is 0 Å². The molecule has 0 saturated heterocycles. The van der Waals surface area contributed by atoms with E-state index in [2.05, 4.69) is 0 Å². The lowest BCUT2D eigenvalue weighted by Crippen LogP contribution is -2.40. The molecule has 0 aromatic heterocycles. The lowest BCUT2D eigenvalue weighted by molar-refractivity contribution is -0.137. The highest BCUT2D eigenvalue weighted by Gasteiger charge is 2.25. The summed E-state index contributed by atoms with van der Waals surface area (Å²) in [5, 5.41) is 8.99. The number of nitrogens with zero attached hydrogens (tertiary/aromatic N) is 2. The number of fused-ring (bicyclic) bond motifs is 1. The Labute approximate surface area is 200 Å². The number of benzene rings is 3. The third-order valence-corrected chi connectivity index (χ3v) is 6.28. The molecule has 0 spiro atoms. The van der Waals surface area contributed by atoms with Gasteiger partial charge in [-0.2, -0.15) is 0 Å². The lowest BCUT2D eigenvalue weighted by Gasteiger charge is -2.31. The van der Waals surface area contributed by atoms with Crippen molar-refractivity contribution in [3.8, 4) is 5.75 Å². The van der Waals surface area contributed by atoms with Crippen LogP contribution in [0.5, 0.6) is 5.75 Å². The maximum Gasteiger partial charge on any atom is 0.337 e. The Bertz CT molecular complexity index is 1080. The second kappa shape index (κ2) is 11.0. The van der Waals surface area contributed by atoms with Crippen molar-refractivity contribution in [3.63, 3.8) is 0 Å². The van der Waals surface area contributed by atoms with Crippen molar-refractivity contribution in [3.05, 3.63) is 90.0 Å². The molecule has 34 heavy (non-hydrogen) atoms. The van der Waals surface area contributed by atoms with Crippen LogP contribution >= 0.6 is 0 Å². The van der Waals surface area contributed by atoms with Gasteiger partial charge in [-0.25, -0.2) is 4.79 Å².